The Morgan fingerprint density at radius 2 is 2.30 bits per heavy atom. The van der Waals surface area contributed by atoms with Crippen LogP contribution in [0.25, 0.3) is 11.0 Å². The first-order valence-corrected chi connectivity index (χ1v) is 7.17. The molecule has 3 rings (SSSR count). The molecule has 3 heterocycles. The summed E-state index contributed by atoms with van der Waals surface area (Å²) in [5, 5.41) is 3.12. The zero-order valence-corrected chi connectivity index (χ0v) is 12.4. The van der Waals surface area contributed by atoms with Crippen LogP contribution in [0.15, 0.2) is 12.3 Å². The molecule has 3 N–H and O–H groups in total. The van der Waals surface area contributed by atoms with Crippen LogP contribution in [0.5, 0.6) is 0 Å². The van der Waals surface area contributed by atoms with E-state index in [2.05, 4.69) is 26.8 Å². The highest BCUT2D eigenvalue weighted by Crippen LogP contribution is 2.29. The quantitative estimate of drug-likeness (QED) is 0.650. The van der Waals surface area contributed by atoms with Gasteiger partial charge < -0.3 is 9.88 Å². The van der Waals surface area contributed by atoms with Crippen molar-refractivity contribution in [3.05, 3.63) is 17.5 Å². The van der Waals surface area contributed by atoms with Crippen molar-refractivity contribution in [1.29, 1.82) is 0 Å². The van der Waals surface area contributed by atoms with Gasteiger partial charge in [-0.25, -0.2) is 5.01 Å². The predicted octanol–water partition coefficient (Wildman–Crippen LogP) is 1.63. The topological polar surface area (TPSA) is 74.1 Å². The minimum absolute atomic E-state index is 0.259. The van der Waals surface area contributed by atoms with Crippen molar-refractivity contribution in [3.8, 4) is 0 Å². The monoisotopic (exact) mass is 294 g/mol. The van der Waals surface area contributed by atoms with E-state index < -0.39 is 0 Å². The SMILES string of the molecule is CC1CCN(N)CC1N(C)c1nc(Cl)nc2[nH]ccc12. The Morgan fingerprint density at radius 3 is 3.10 bits per heavy atom. The van der Waals surface area contributed by atoms with E-state index in [0.29, 0.717) is 12.0 Å². The zero-order chi connectivity index (χ0) is 14.3. The van der Waals surface area contributed by atoms with E-state index >= 15 is 0 Å². The molecule has 0 radical (unpaired) electrons. The molecule has 0 saturated carbocycles. The molecule has 0 aliphatic carbocycles. The van der Waals surface area contributed by atoms with Crippen molar-refractivity contribution in [2.45, 2.75) is 19.4 Å². The average Bonchev–Trinajstić information content (AvgIpc) is 2.87. The van der Waals surface area contributed by atoms with Gasteiger partial charge in [0.05, 0.1) is 5.39 Å². The highest BCUT2D eigenvalue weighted by Gasteiger charge is 2.29. The summed E-state index contributed by atoms with van der Waals surface area (Å²) in [5.41, 5.74) is 0.764. The molecule has 108 valence electrons. The third kappa shape index (κ3) is 2.34. The lowest BCUT2D eigenvalue weighted by atomic mass is 9.93. The van der Waals surface area contributed by atoms with Crippen LogP contribution in [-0.4, -0.2) is 46.1 Å². The van der Waals surface area contributed by atoms with Crippen LogP contribution in [0.4, 0.5) is 5.82 Å². The Morgan fingerprint density at radius 1 is 1.50 bits per heavy atom. The lowest BCUT2D eigenvalue weighted by Crippen LogP contribution is -2.53. The second-order valence-electron chi connectivity index (χ2n) is 5.50. The predicted molar refractivity (Wildman–Crippen MR) is 80.6 cm³/mol. The van der Waals surface area contributed by atoms with E-state index in [9.17, 15) is 0 Å². The van der Waals surface area contributed by atoms with Crippen molar-refractivity contribution in [3.63, 3.8) is 0 Å². The molecule has 1 aliphatic rings. The van der Waals surface area contributed by atoms with Crippen LogP contribution in [0.1, 0.15) is 13.3 Å². The van der Waals surface area contributed by atoms with Gasteiger partial charge in [-0.1, -0.05) is 6.92 Å². The average molecular weight is 295 g/mol. The maximum atomic E-state index is 6.02. The van der Waals surface area contributed by atoms with Gasteiger partial charge in [0, 0.05) is 32.4 Å². The number of fused-ring (bicyclic) bond motifs is 1. The van der Waals surface area contributed by atoms with E-state index in [1.807, 2.05) is 24.3 Å². The number of hydrazine groups is 1. The van der Waals surface area contributed by atoms with Gasteiger partial charge in [0.1, 0.15) is 11.5 Å². The summed E-state index contributed by atoms with van der Waals surface area (Å²) in [4.78, 5) is 13.9. The summed E-state index contributed by atoms with van der Waals surface area (Å²) in [5.74, 6) is 7.38. The number of nitrogens with two attached hydrogens (primary N) is 1. The fourth-order valence-electron chi connectivity index (χ4n) is 2.90. The highest BCUT2D eigenvalue weighted by atomic mass is 35.5. The molecule has 0 aromatic carbocycles. The third-order valence-electron chi connectivity index (χ3n) is 4.15. The molecule has 1 saturated heterocycles. The second-order valence-corrected chi connectivity index (χ2v) is 5.83. The van der Waals surface area contributed by atoms with Gasteiger partial charge in [-0.05, 0) is 30.0 Å². The number of piperidine rings is 1. The molecule has 6 nitrogen and oxygen atoms in total. The summed E-state index contributed by atoms with van der Waals surface area (Å²) in [6, 6.07) is 2.29. The van der Waals surface area contributed by atoms with Crippen molar-refractivity contribution in [2.75, 3.05) is 25.0 Å². The maximum Gasteiger partial charge on any atom is 0.226 e. The Bertz CT molecular complexity index is 612. The number of likely N-dealkylation sites (N-methyl/N-ethyl adjacent to an activating group) is 1. The van der Waals surface area contributed by atoms with Gasteiger partial charge >= 0.3 is 0 Å². The van der Waals surface area contributed by atoms with Gasteiger partial charge in [-0.15, -0.1) is 0 Å². The first kappa shape index (κ1) is 13.6. The highest BCUT2D eigenvalue weighted by molar-refractivity contribution is 6.28. The lowest BCUT2D eigenvalue weighted by Gasteiger charge is -2.40. The number of aromatic amines is 1. The summed E-state index contributed by atoms with van der Waals surface area (Å²) in [6.45, 7) is 4.02. The van der Waals surface area contributed by atoms with Crippen LogP contribution in [0, 0.1) is 5.92 Å². The van der Waals surface area contributed by atoms with Crippen LogP contribution in [0.2, 0.25) is 5.28 Å². The van der Waals surface area contributed by atoms with Gasteiger partial charge in [-0.2, -0.15) is 9.97 Å². The molecule has 1 aliphatic heterocycles. The van der Waals surface area contributed by atoms with Gasteiger partial charge in [-0.3, -0.25) is 5.84 Å². The van der Waals surface area contributed by atoms with Gasteiger partial charge in [0.2, 0.25) is 5.28 Å². The summed E-state index contributed by atoms with van der Waals surface area (Å²) in [6.07, 6.45) is 2.94. The molecule has 7 heteroatoms. The van der Waals surface area contributed by atoms with Crippen LogP contribution in [-0.2, 0) is 0 Å². The maximum absolute atomic E-state index is 6.02. The van der Waals surface area contributed by atoms with Crippen LogP contribution >= 0.6 is 11.6 Å². The number of halogens is 1. The fourth-order valence-corrected chi connectivity index (χ4v) is 3.07. The van der Waals surface area contributed by atoms with Crippen LogP contribution in [0.3, 0.4) is 0 Å². The minimum Gasteiger partial charge on any atom is -0.354 e. The molecular weight excluding hydrogens is 276 g/mol. The molecule has 0 amide bonds. The Kier molecular flexibility index (Phi) is 3.54. The summed E-state index contributed by atoms with van der Waals surface area (Å²) in [7, 11) is 2.05. The third-order valence-corrected chi connectivity index (χ3v) is 4.32. The van der Waals surface area contributed by atoms with E-state index in [1.54, 1.807) is 0 Å². The standard InChI is InChI=1S/C13H19ClN6/c1-8-4-6-20(15)7-10(8)19(2)12-9-3-5-16-11(9)17-13(14)18-12/h3,5,8,10H,4,6-7,15H2,1-2H3,(H,16,17,18). The number of hydrogen-bond acceptors (Lipinski definition) is 5. The molecular formula is C13H19ClN6. The largest absolute Gasteiger partial charge is 0.354 e. The molecule has 0 bridgehead atoms. The Labute approximate surface area is 122 Å². The van der Waals surface area contributed by atoms with Gasteiger partial charge in [0.25, 0.3) is 0 Å². The number of hydrogen-bond donors (Lipinski definition) is 2. The molecule has 2 unspecified atom stereocenters. The van der Waals surface area contributed by atoms with Gasteiger partial charge in [0.15, 0.2) is 0 Å². The number of rotatable bonds is 2. The minimum atomic E-state index is 0.259. The fraction of sp³-hybridized carbons (Fsp3) is 0.538. The zero-order valence-electron chi connectivity index (χ0n) is 11.7. The molecule has 20 heavy (non-hydrogen) atoms. The molecule has 2 atom stereocenters. The second kappa shape index (κ2) is 5.20. The Balaban J connectivity index is 1.99. The van der Waals surface area contributed by atoms with Crippen molar-refractivity contribution in [1.82, 2.24) is 20.0 Å². The van der Waals surface area contributed by atoms with Crippen molar-refractivity contribution < 1.29 is 0 Å². The molecule has 1 fully saturated rings. The number of anilines is 1. The summed E-state index contributed by atoms with van der Waals surface area (Å²) < 4.78 is 0. The van der Waals surface area contributed by atoms with E-state index in [-0.39, 0.29) is 5.28 Å². The first-order chi connectivity index (χ1) is 9.56. The molecule has 0 spiro atoms. The molecule has 2 aromatic heterocycles. The molecule has 2 aromatic rings. The lowest BCUT2D eigenvalue weighted by molar-refractivity contribution is 0.168. The first-order valence-electron chi connectivity index (χ1n) is 6.79. The summed E-state index contributed by atoms with van der Waals surface area (Å²) >= 11 is 6.02. The number of H-pyrrole nitrogens is 1. The number of nitrogens with one attached hydrogen (secondary N) is 1. The number of nitrogens with zero attached hydrogens (tertiary/aromatic N) is 4. The number of aromatic nitrogens is 3. The van der Waals surface area contributed by atoms with E-state index in [4.69, 9.17) is 17.4 Å². The van der Waals surface area contributed by atoms with E-state index in [0.717, 1.165) is 36.4 Å². The van der Waals surface area contributed by atoms with Crippen molar-refractivity contribution >= 4 is 28.5 Å². The van der Waals surface area contributed by atoms with Crippen LogP contribution < -0.4 is 10.7 Å². The Hall–Kier alpha value is -1.37. The normalized spacial score (nSPS) is 24.2. The van der Waals surface area contributed by atoms with E-state index in [1.165, 1.54) is 0 Å². The van der Waals surface area contributed by atoms with Crippen molar-refractivity contribution in [2.24, 2.45) is 11.8 Å². The smallest absolute Gasteiger partial charge is 0.226 e.